The quantitative estimate of drug-likeness (QED) is 0.553. The first-order valence-corrected chi connectivity index (χ1v) is 10.1. The Balaban J connectivity index is 2.10. The van der Waals surface area contributed by atoms with Crippen molar-refractivity contribution in [3.63, 3.8) is 0 Å². The van der Waals surface area contributed by atoms with Crippen LogP contribution in [-0.2, 0) is 29.5 Å². The highest BCUT2D eigenvalue weighted by Gasteiger charge is 2.18. The topological polar surface area (TPSA) is 87.7 Å². The molecule has 2 aromatic heterocycles. The van der Waals surface area contributed by atoms with Crippen molar-refractivity contribution in [3.8, 4) is 5.88 Å². The number of carbonyl (C=O) groups excluding carboxylic acids is 2. The summed E-state index contributed by atoms with van der Waals surface area (Å²) in [6.45, 7) is 2.13. The SMILES string of the molecule is CCCCc1ccc2c(c1)sc(=NC(=O)c1cn(C)nc1OC)n2CC(=O)OC. The third-order valence-electron chi connectivity index (χ3n) is 4.50. The molecule has 1 amide bonds. The molecule has 2 heterocycles. The maximum atomic E-state index is 12.8. The minimum atomic E-state index is -0.480. The molecule has 0 radical (unpaired) electrons. The number of hydrogen-bond donors (Lipinski definition) is 0. The van der Waals surface area contributed by atoms with Crippen LogP contribution in [0.2, 0.25) is 0 Å². The minimum absolute atomic E-state index is 0.0267. The first-order chi connectivity index (χ1) is 14.0. The van der Waals surface area contributed by atoms with Gasteiger partial charge in [-0.05, 0) is 30.5 Å². The molecule has 0 saturated heterocycles. The predicted octanol–water partition coefficient (Wildman–Crippen LogP) is 2.70. The van der Waals surface area contributed by atoms with Crippen LogP contribution < -0.4 is 9.54 Å². The molecule has 154 valence electrons. The number of ether oxygens (including phenoxy) is 2. The van der Waals surface area contributed by atoms with Gasteiger partial charge in [-0.2, -0.15) is 4.99 Å². The number of methoxy groups -OCH3 is 2. The molecule has 0 N–H and O–H groups in total. The van der Waals surface area contributed by atoms with Crippen LogP contribution in [0.1, 0.15) is 35.7 Å². The number of esters is 1. The number of rotatable bonds is 7. The second-order valence-electron chi connectivity index (χ2n) is 6.60. The van der Waals surface area contributed by atoms with Gasteiger partial charge in [-0.3, -0.25) is 14.3 Å². The third-order valence-corrected chi connectivity index (χ3v) is 5.54. The van der Waals surface area contributed by atoms with Gasteiger partial charge in [0.05, 0.1) is 24.4 Å². The summed E-state index contributed by atoms with van der Waals surface area (Å²) in [4.78, 5) is 29.4. The first kappa shape index (κ1) is 20.8. The second kappa shape index (κ2) is 9.04. The van der Waals surface area contributed by atoms with Gasteiger partial charge in [0.2, 0.25) is 5.88 Å². The Hall–Kier alpha value is -2.94. The highest BCUT2D eigenvalue weighted by atomic mass is 32.1. The van der Waals surface area contributed by atoms with Gasteiger partial charge in [0.15, 0.2) is 4.80 Å². The lowest BCUT2D eigenvalue weighted by molar-refractivity contribution is -0.141. The molecule has 29 heavy (non-hydrogen) atoms. The average Bonchev–Trinajstić information content (AvgIpc) is 3.26. The lowest BCUT2D eigenvalue weighted by Crippen LogP contribution is -2.22. The van der Waals surface area contributed by atoms with Gasteiger partial charge in [0.1, 0.15) is 12.1 Å². The van der Waals surface area contributed by atoms with Crippen LogP contribution in [0.3, 0.4) is 0 Å². The number of fused-ring (bicyclic) bond motifs is 1. The van der Waals surface area contributed by atoms with Crippen molar-refractivity contribution in [2.45, 2.75) is 32.7 Å². The summed E-state index contributed by atoms with van der Waals surface area (Å²) in [5.41, 5.74) is 2.32. The Morgan fingerprint density at radius 2 is 2.07 bits per heavy atom. The lowest BCUT2D eigenvalue weighted by Gasteiger charge is -2.05. The Kier molecular flexibility index (Phi) is 6.48. The van der Waals surface area contributed by atoms with Crippen LogP contribution in [0.4, 0.5) is 0 Å². The highest BCUT2D eigenvalue weighted by Crippen LogP contribution is 2.21. The van der Waals surface area contributed by atoms with Gasteiger partial charge in [0, 0.05) is 13.2 Å². The fourth-order valence-electron chi connectivity index (χ4n) is 3.00. The average molecular weight is 417 g/mol. The second-order valence-corrected chi connectivity index (χ2v) is 7.60. The van der Waals surface area contributed by atoms with Crippen molar-refractivity contribution in [3.05, 3.63) is 40.3 Å². The van der Waals surface area contributed by atoms with Crippen LogP contribution in [0.25, 0.3) is 10.2 Å². The van der Waals surface area contributed by atoms with Gasteiger partial charge in [-0.1, -0.05) is 30.7 Å². The molecule has 0 unspecified atom stereocenters. The van der Waals surface area contributed by atoms with Crippen molar-refractivity contribution in [2.24, 2.45) is 12.0 Å². The zero-order chi connectivity index (χ0) is 21.0. The number of aryl methyl sites for hydroxylation is 2. The monoisotopic (exact) mass is 416 g/mol. The molecule has 0 aliphatic heterocycles. The number of unbranched alkanes of at least 4 members (excludes halogenated alkanes) is 1. The molecule has 0 fully saturated rings. The van der Waals surface area contributed by atoms with E-state index in [9.17, 15) is 9.59 Å². The van der Waals surface area contributed by atoms with Crippen LogP contribution in [0.5, 0.6) is 5.88 Å². The maximum absolute atomic E-state index is 12.8. The van der Waals surface area contributed by atoms with E-state index < -0.39 is 11.9 Å². The molecular formula is C20H24N4O4S. The molecule has 0 atom stereocenters. The van der Waals surface area contributed by atoms with Crippen molar-refractivity contribution >= 4 is 33.4 Å². The fraction of sp³-hybridized carbons (Fsp3) is 0.400. The zero-order valence-corrected chi connectivity index (χ0v) is 17.8. The molecule has 0 saturated carbocycles. The van der Waals surface area contributed by atoms with E-state index in [0.29, 0.717) is 4.80 Å². The molecule has 0 bridgehead atoms. The van der Waals surface area contributed by atoms with Crippen molar-refractivity contribution in [1.29, 1.82) is 0 Å². The summed E-state index contributed by atoms with van der Waals surface area (Å²) >= 11 is 1.37. The Morgan fingerprint density at radius 3 is 2.76 bits per heavy atom. The summed E-state index contributed by atoms with van der Waals surface area (Å²) in [5, 5.41) is 4.09. The van der Waals surface area contributed by atoms with E-state index in [1.54, 1.807) is 17.8 Å². The van der Waals surface area contributed by atoms with Gasteiger partial charge in [0.25, 0.3) is 5.91 Å². The molecule has 1 aromatic carbocycles. The molecule has 0 aliphatic rings. The zero-order valence-electron chi connectivity index (χ0n) is 17.0. The van der Waals surface area contributed by atoms with Crippen LogP contribution in [-0.4, -0.2) is 40.4 Å². The number of amides is 1. The van der Waals surface area contributed by atoms with Crippen molar-refractivity contribution in [1.82, 2.24) is 14.3 Å². The van der Waals surface area contributed by atoms with E-state index in [4.69, 9.17) is 9.47 Å². The lowest BCUT2D eigenvalue weighted by atomic mass is 10.1. The summed E-state index contributed by atoms with van der Waals surface area (Å²) in [6.07, 6.45) is 4.77. The minimum Gasteiger partial charge on any atom is -0.479 e. The summed E-state index contributed by atoms with van der Waals surface area (Å²) in [6, 6.07) is 6.11. The number of hydrogen-bond acceptors (Lipinski definition) is 6. The standard InChI is InChI=1S/C20H24N4O4S/c1-5-6-7-13-8-9-15-16(10-13)29-20(24(15)12-17(25)27-3)21-18(26)14-11-23(2)22-19(14)28-4/h8-11H,5-7,12H2,1-4H3. The number of thiazole rings is 1. The largest absolute Gasteiger partial charge is 0.479 e. The predicted molar refractivity (Wildman–Crippen MR) is 110 cm³/mol. The number of benzene rings is 1. The van der Waals surface area contributed by atoms with E-state index in [-0.39, 0.29) is 18.0 Å². The Labute approximate surface area is 172 Å². The normalized spacial score (nSPS) is 11.8. The van der Waals surface area contributed by atoms with Crippen molar-refractivity contribution in [2.75, 3.05) is 14.2 Å². The summed E-state index contributed by atoms with van der Waals surface area (Å²) in [7, 11) is 4.49. The van der Waals surface area contributed by atoms with E-state index in [2.05, 4.69) is 23.1 Å². The van der Waals surface area contributed by atoms with Gasteiger partial charge < -0.3 is 14.0 Å². The molecule has 3 rings (SSSR count). The van der Waals surface area contributed by atoms with Gasteiger partial charge in [-0.25, -0.2) is 0 Å². The number of nitrogens with zero attached hydrogens (tertiary/aromatic N) is 4. The van der Waals surface area contributed by atoms with Crippen LogP contribution >= 0.6 is 11.3 Å². The molecule has 0 aliphatic carbocycles. The van der Waals surface area contributed by atoms with Crippen LogP contribution in [0, 0.1) is 0 Å². The Morgan fingerprint density at radius 1 is 1.28 bits per heavy atom. The highest BCUT2D eigenvalue weighted by molar-refractivity contribution is 7.16. The summed E-state index contributed by atoms with van der Waals surface area (Å²) < 4.78 is 14.1. The molecule has 3 aromatic rings. The van der Waals surface area contributed by atoms with Gasteiger partial charge >= 0.3 is 5.97 Å². The van der Waals surface area contributed by atoms with E-state index in [1.807, 2.05) is 12.1 Å². The van der Waals surface area contributed by atoms with Gasteiger partial charge in [-0.15, -0.1) is 5.10 Å². The number of carbonyl (C=O) groups is 2. The molecule has 0 spiro atoms. The summed E-state index contributed by atoms with van der Waals surface area (Å²) in [5.74, 6) is -0.678. The third kappa shape index (κ3) is 4.56. The van der Waals surface area contributed by atoms with E-state index in [0.717, 1.165) is 29.5 Å². The smallest absolute Gasteiger partial charge is 0.325 e. The number of aromatic nitrogens is 3. The van der Waals surface area contributed by atoms with Crippen LogP contribution in [0.15, 0.2) is 29.4 Å². The van der Waals surface area contributed by atoms with E-state index in [1.165, 1.54) is 35.8 Å². The molecule has 8 nitrogen and oxygen atoms in total. The fourth-order valence-corrected chi connectivity index (χ4v) is 4.09. The Bertz CT molecular complexity index is 1110. The maximum Gasteiger partial charge on any atom is 0.325 e. The first-order valence-electron chi connectivity index (χ1n) is 9.32. The molecular weight excluding hydrogens is 392 g/mol. The van der Waals surface area contributed by atoms with E-state index >= 15 is 0 Å². The molecule has 9 heteroatoms. The van der Waals surface area contributed by atoms with Crippen molar-refractivity contribution < 1.29 is 19.1 Å².